The van der Waals surface area contributed by atoms with Crippen molar-refractivity contribution in [1.82, 2.24) is 15.1 Å². The van der Waals surface area contributed by atoms with Crippen LogP contribution in [-0.4, -0.2) is 66.9 Å². The first-order chi connectivity index (χ1) is 8.58. The molecule has 8 heteroatoms. The van der Waals surface area contributed by atoms with Crippen LogP contribution in [-0.2, 0) is 9.59 Å². The molecule has 0 radical (unpaired) electrons. The summed E-state index contributed by atoms with van der Waals surface area (Å²) < 4.78 is 0. The Kier molecular flexibility index (Phi) is 12.1. The monoisotopic (exact) mass is 328 g/mol. The molecule has 1 rings (SSSR count). The highest BCUT2D eigenvalue weighted by molar-refractivity contribution is 5.85. The SMILES string of the molecule is CCNC(=O)CN1CCN(C(=O)[C@@H](N)CC)CC1.Cl.Cl. The molecule has 20 heavy (non-hydrogen) atoms. The average molecular weight is 329 g/mol. The van der Waals surface area contributed by atoms with E-state index in [1.54, 1.807) is 4.90 Å². The number of hydrogen-bond acceptors (Lipinski definition) is 4. The summed E-state index contributed by atoms with van der Waals surface area (Å²) >= 11 is 0. The van der Waals surface area contributed by atoms with Gasteiger partial charge in [0.25, 0.3) is 0 Å². The fraction of sp³-hybridized carbons (Fsp3) is 0.833. The van der Waals surface area contributed by atoms with E-state index >= 15 is 0 Å². The number of amides is 2. The van der Waals surface area contributed by atoms with Crippen molar-refractivity contribution in [2.24, 2.45) is 5.73 Å². The van der Waals surface area contributed by atoms with Crippen LogP contribution in [0.4, 0.5) is 0 Å². The number of carbonyl (C=O) groups is 2. The van der Waals surface area contributed by atoms with Gasteiger partial charge in [-0.1, -0.05) is 6.92 Å². The average Bonchev–Trinajstić information content (AvgIpc) is 2.38. The summed E-state index contributed by atoms with van der Waals surface area (Å²) in [4.78, 5) is 27.1. The molecule has 0 bridgehead atoms. The Balaban J connectivity index is 0. The molecule has 6 nitrogen and oxygen atoms in total. The first-order valence-corrected chi connectivity index (χ1v) is 6.61. The van der Waals surface area contributed by atoms with E-state index in [-0.39, 0.29) is 42.7 Å². The van der Waals surface area contributed by atoms with Crippen LogP contribution < -0.4 is 11.1 Å². The van der Waals surface area contributed by atoms with Gasteiger partial charge in [-0.25, -0.2) is 0 Å². The van der Waals surface area contributed by atoms with Crippen LogP contribution in [0.2, 0.25) is 0 Å². The van der Waals surface area contributed by atoms with Crippen LogP contribution in [0.3, 0.4) is 0 Å². The second-order valence-corrected chi connectivity index (χ2v) is 4.57. The van der Waals surface area contributed by atoms with Crippen LogP contribution in [0.15, 0.2) is 0 Å². The van der Waals surface area contributed by atoms with Crippen LogP contribution in [0.25, 0.3) is 0 Å². The highest BCUT2D eigenvalue weighted by Gasteiger charge is 2.24. The fourth-order valence-corrected chi connectivity index (χ4v) is 1.99. The number of likely N-dealkylation sites (N-methyl/N-ethyl adjacent to an activating group) is 1. The lowest BCUT2D eigenvalue weighted by Crippen LogP contribution is -2.54. The van der Waals surface area contributed by atoms with E-state index in [1.807, 2.05) is 13.8 Å². The van der Waals surface area contributed by atoms with Crippen molar-refractivity contribution in [3.8, 4) is 0 Å². The van der Waals surface area contributed by atoms with E-state index in [9.17, 15) is 9.59 Å². The molecule has 1 aliphatic rings. The van der Waals surface area contributed by atoms with Gasteiger partial charge in [0.1, 0.15) is 0 Å². The van der Waals surface area contributed by atoms with E-state index in [0.717, 1.165) is 13.1 Å². The van der Waals surface area contributed by atoms with Gasteiger partial charge in [-0.3, -0.25) is 14.5 Å². The summed E-state index contributed by atoms with van der Waals surface area (Å²) in [5.41, 5.74) is 5.73. The topological polar surface area (TPSA) is 78.7 Å². The number of hydrogen-bond donors (Lipinski definition) is 2. The fourth-order valence-electron chi connectivity index (χ4n) is 1.99. The van der Waals surface area contributed by atoms with Crippen molar-refractivity contribution in [2.75, 3.05) is 39.3 Å². The smallest absolute Gasteiger partial charge is 0.239 e. The maximum Gasteiger partial charge on any atom is 0.239 e. The van der Waals surface area contributed by atoms with Crippen molar-refractivity contribution in [3.63, 3.8) is 0 Å². The Hall–Kier alpha value is -0.560. The second kappa shape index (κ2) is 11.1. The Bertz CT molecular complexity index is 297. The molecule has 0 spiro atoms. The van der Waals surface area contributed by atoms with Gasteiger partial charge in [-0.2, -0.15) is 0 Å². The third-order valence-corrected chi connectivity index (χ3v) is 3.18. The number of nitrogens with one attached hydrogen (secondary N) is 1. The summed E-state index contributed by atoms with van der Waals surface area (Å²) in [5, 5.41) is 2.77. The zero-order chi connectivity index (χ0) is 13.5. The Labute approximate surface area is 133 Å². The van der Waals surface area contributed by atoms with Crippen molar-refractivity contribution >= 4 is 36.6 Å². The van der Waals surface area contributed by atoms with Gasteiger partial charge in [0, 0.05) is 32.7 Å². The highest BCUT2D eigenvalue weighted by atomic mass is 35.5. The summed E-state index contributed by atoms with van der Waals surface area (Å²) in [6.45, 7) is 7.67. The molecule has 0 unspecified atom stereocenters. The third kappa shape index (κ3) is 6.74. The lowest BCUT2D eigenvalue weighted by Gasteiger charge is -2.35. The normalized spacial score (nSPS) is 16.6. The summed E-state index contributed by atoms with van der Waals surface area (Å²) in [6.07, 6.45) is 0.665. The molecule has 0 aromatic rings. The molecule has 3 N–H and O–H groups in total. The van der Waals surface area contributed by atoms with Gasteiger partial charge in [-0.05, 0) is 13.3 Å². The summed E-state index contributed by atoms with van der Waals surface area (Å²) in [5.74, 6) is 0.0673. The van der Waals surface area contributed by atoms with Crippen molar-refractivity contribution in [3.05, 3.63) is 0 Å². The number of carbonyl (C=O) groups excluding carboxylic acids is 2. The second-order valence-electron chi connectivity index (χ2n) is 4.57. The van der Waals surface area contributed by atoms with Crippen molar-refractivity contribution in [2.45, 2.75) is 26.3 Å². The predicted octanol–water partition coefficient (Wildman–Crippen LogP) is -0.152. The summed E-state index contributed by atoms with van der Waals surface area (Å²) in [7, 11) is 0. The van der Waals surface area contributed by atoms with Gasteiger partial charge in [-0.15, -0.1) is 24.8 Å². The molecule has 0 saturated carbocycles. The van der Waals surface area contributed by atoms with Crippen LogP contribution in [0.5, 0.6) is 0 Å². The summed E-state index contributed by atoms with van der Waals surface area (Å²) in [6, 6.07) is -0.389. The highest BCUT2D eigenvalue weighted by Crippen LogP contribution is 2.04. The largest absolute Gasteiger partial charge is 0.355 e. The van der Waals surface area contributed by atoms with E-state index < -0.39 is 0 Å². The molecule has 1 heterocycles. The molecule has 1 atom stereocenters. The number of halogens is 2. The minimum Gasteiger partial charge on any atom is -0.355 e. The minimum absolute atomic E-state index is 0. The predicted molar refractivity (Wildman–Crippen MR) is 84.5 cm³/mol. The first kappa shape index (κ1) is 21.7. The van der Waals surface area contributed by atoms with Gasteiger partial charge in [0.15, 0.2) is 0 Å². The Morgan fingerprint density at radius 1 is 1.15 bits per heavy atom. The minimum atomic E-state index is -0.389. The molecule has 1 aliphatic heterocycles. The van der Waals surface area contributed by atoms with E-state index in [4.69, 9.17) is 5.73 Å². The van der Waals surface area contributed by atoms with Crippen LogP contribution in [0, 0.1) is 0 Å². The zero-order valence-electron chi connectivity index (χ0n) is 12.1. The van der Waals surface area contributed by atoms with Gasteiger partial charge in [0.2, 0.25) is 11.8 Å². The van der Waals surface area contributed by atoms with Gasteiger partial charge in [0.05, 0.1) is 12.6 Å². The van der Waals surface area contributed by atoms with E-state index in [0.29, 0.717) is 32.6 Å². The van der Waals surface area contributed by atoms with Crippen molar-refractivity contribution in [1.29, 1.82) is 0 Å². The molecule has 1 saturated heterocycles. The zero-order valence-corrected chi connectivity index (χ0v) is 13.8. The molecular weight excluding hydrogens is 303 g/mol. The third-order valence-electron chi connectivity index (χ3n) is 3.18. The van der Waals surface area contributed by atoms with Crippen LogP contribution in [0.1, 0.15) is 20.3 Å². The molecule has 1 fully saturated rings. The van der Waals surface area contributed by atoms with E-state index in [2.05, 4.69) is 10.2 Å². The molecule has 2 amide bonds. The van der Waals surface area contributed by atoms with Gasteiger partial charge >= 0.3 is 0 Å². The lowest BCUT2D eigenvalue weighted by molar-refractivity contribution is -0.134. The van der Waals surface area contributed by atoms with Gasteiger partial charge < -0.3 is 16.0 Å². The molecule has 0 aromatic heterocycles. The number of nitrogens with zero attached hydrogens (tertiary/aromatic N) is 2. The number of nitrogens with two attached hydrogens (primary N) is 1. The van der Waals surface area contributed by atoms with Crippen LogP contribution >= 0.6 is 24.8 Å². The Morgan fingerprint density at radius 2 is 1.70 bits per heavy atom. The quantitative estimate of drug-likeness (QED) is 0.735. The molecular formula is C12H26Cl2N4O2. The number of rotatable bonds is 5. The molecule has 0 aromatic carbocycles. The van der Waals surface area contributed by atoms with Crippen molar-refractivity contribution < 1.29 is 9.59 Å². The maximum absolute atomic E-state index is 11.9. The standard InChI is InChI=1S/C12H24N4O2.2ClH/c1-3-10(13)12(18)16-7-5-15(6-8-16)9-11(17)14-4-2;;/h10H,3-9,13H2,1-2H3,(H,14,17);2*1H/t10-;;/m0../s1. The maximum atomic E-state index is 11.9. The van der Waals surface area contributed by atoms with E-state index in [1.165, 1.54) is 0 Å². The Morgan fingerprint density at radius 3 is 2.15 bits per heavy atom. The molecule has 0 aliphatic carbocycles. The molecule has 120 valence electrons. The first-order valence-electron chi connectivity index (χ1n) is 6.61. The number of piperazine rings is 1. The lowest BCUT2D eigenvalue weighted by atomic mass is 10.2.